The van der Waals surface area contributed by atoms with Crippen molar-refractivity contribution in [2.75, 3.05) is 6.61 Å². The van der Waals surface area contributed by atoms with Gasteiger partial charge in [-0.25, -0.2) is 10.7 Å². The van der Waals surface area contributed by atoms with E-state index >= 15 is 0 Å². The van der Waals surface area contributed by atoms with Crippen LogP contribution in [0.3, 0.4) is 0 Å². The Balaban J connectivity index is 2.48. The highest BCUT2D eigenvalue weighted by Crippen LogP contribution is 2.11. The van der Waals surface area contributed by atoms with Crippen LogP contribution >= 0.6 is 0 Å². The molecule has 0 aromatic rings. The van der Waals surface area contributed by atoms with E-state index in [9.17, 15) is 14.4 Å². The van der Waals surface area contributed by atoms with E-state index in [0.29, 0.717) is 5.06 Å². The van der Waals surface area contributed by atoms with Gasteiger partial charge in [-0.3, -0.25) is 14.4 Å². The zero-order chi connectivity index (χ0) is 9.84. The van der Waals surface area contributed by atoms with E-state index in [1.165, 1.54) is 0 Å². The van der Waals surface area contributed by atoms with Crippen molar-refractivity contribution < 1.29 is 24.1 Å². The Kier molecular flexibility index (Phi) is 2.93. The molecular formula is C6H8N2O5. The van der Waals surface area contributed by atoms with E-state index in [1.54, 1.807) is 0 Å². The molecule has 0 spiro atoms. The number of hydrogen-bond acceptors (Lipinski definition) is 6. The predicted molar refractivity (Wildman–Crippen MR) is 37.3 cm³/mol. The lowest BCUT2D eigenvalue weighted by molar-refractivity contribution is -0.200. The van der Waals surface area contributed by atoms with Gasteiger partial charge in [-0.2, -0.15) is 0 Å². The lowest BCUT2D eigenvalue weighted by Crippen LogP contribution is -2.33. The van der Waals surface area contributed by atoms with Crippen molar-refractivity contribution in [3.63, 3.8) is 0 Å². The molecule has 1 aliphatic rings. The van der Waals surface area contributed by atoms with Crippen molar-refractivity contribution in [1.82, 2.24) is 5.06 Å². The number of amides is 2. The van der Waals surface area contributed by atoms with Crippen LogP contribution in [0.1, 0.15) is 12.8 Å². The van der Waals surface area contributed by atoms with Gasteiger partial charge in [-0.15, -0.1) is 5.06 Å². The lowest BCUT2D eigenvalue weighted by atomic mass is 10.4. The molecule has 0 bridgehead atoms. The van der Waals surface area contributed by atoms with E-state index in [0.717, 1.165) is 0 Å². The molecule has 1 aliphatic heterocycles. The van der Waals surface area contributed by atoms with Crippen LogP contribution < -0.4 is 5.90 Å². The smallest absolute Gasteiger partial charge is 0.328 e. The topological polar surface area (TPSA) is 98.9 Å². The maximum Gasteiger partial charge on any atom is 0.360 e. The van der Waals surface area contributed by atoms with Gasteiger partial charge < -0.3 is 4.84 Å². The summed E-state index contributed by atoms with van der Waals surface area (Å²) in [5, 5.41) is 0.432. The second-order valence-electron chi connectivity index (χ2n) is 2.36. The average molecular weight is 188 g/mol. The van der Waals surface area contributed by atoms with Gasteiger partial charge in [-0.1, -0.05) is 0 Å². The fraction of sp³-hybridized carbons (Fsp3) is 0.500. The monoisotopic (exact) mass is 188 g/mol. The first-order chi connectivity index (χ1) is 6.15. The van der Waals surface area contributed by atoms with Gasteiger partial charge >= 0.3 is 5.97 Å². The summed E-state index contributed by atoms with van der Waals surface area (Å²) in [4.78, 5) is 40.8. The van der Waals surface area contributed by atoms with Crippen LogP contribution in [0.2, 0.25) is 0 Å². The fourth-order valence-electron chi connectivity index (χ4n) is 0.854. The highest BCUT2D eigenvalue weighted by molar-refractivity contribution is 6.01. The van der Waals surface area contributed by atoms with E-state index in [4.69, 9.17) is 0 Å². The highest BCUT2D eigenvalue weighted by atomic mass is 16.7. The van der Waals surface area contributed by atoms with Gasteiger partial charge in [0.05, 0.1) is 0 Å². The molecule has 7 nitrogen and oxygen atoms in total. The highest BCUT2D eigenvalue weighted by Gasteiger charge is 2.32. The van der Waals surface area contributed by atoms with Crippen LogP contribution in [0.25, 0.3) is 0 Å². The van der Waals surface area contributed by atoms with Crippen molar-refractivity contribution in [3.05, 3.63) is 0 Å². The third-order valence-corrected chi connectivity index (χ3v) is 1.40. The fourth-order valence-corrected chi connectivity index (χ4v) is 0.854. The summed E-state index contributed by atoms with van der Waals surface area (Å²) in [5.41, 5.74) is 0. The third kappa shape index (κ3) is 2.23. The first-order valence-electron chi connectivity index (χ1n) is 3.53. The molecular weight excluding hydrogens is 180 g/mol. The maximum atomic E-state index is 10.9. The van der Waals surface area contributed by atoms with Crippen LogP contribution in [-0.2, 0) is 24.1 Å². The zero-order valence-electron chi connectivity index (χ0n) is 6.69. The van der Waals surface area contributed by atoms with Crippen molar-refractivity contribution in [2.24, 2.45) is 5.90 Å². The van der Waals surface area contributed by atoms with Gasteiger partial charge in [-0.05, 0) is 0 Å². The van der Waals surface area contributed by atoms with Gasteiger partial charge in [0.2, 0.25) is 0 Å². The minimum Gasteiger partial charge on any atom is -0.328 e. The molecule has 1 heterocycles. The van der Waals surface area contributed by atoms with Crippen molar-refractivity contribution in [3.8, 4) is 0 Å². The summed E-state index contributed by atoms with van der Waals surface area (Å²) in [6.07, 6.45) is 0.130. The van der Waals surface area contributed by atoms with E-state index in [2.05, 4.69) is 15.6 Å². The van der Waals surface area contributed by atoms with E-state index in [-0.39, 0.29) is 12.8 Å². The number of hydrogen-bond donors (Lipinski definition) is 1. The van der Waals surface area contributed by atoms with Crippen molar-refractivity contribution in [2.45, 2.75) is 12.8 Å². The van der Waals surface area contributed by atoms with Crippen LogP contribution in [0.4, 0.5) is 0 Å². The molecule has 0 radical (unpaired) electrons. The molecule has 0 aromatic heterocycles. The molecule has 13 heavy (non-hydrogen) atoms. The van der Waals surface area contributed by atoms with Crippen LogP contribution in [0, 0.1) is 0 Å². The van der Waals surface area contributed by atoms with Crippen molar-refractivity contribution >= 4 is 17.8 Å². The maximum absolute atomic E-state index is 10.9. The number of nitrogens with zero attached hydrogens (tertiary/aromatic N) is 1. The molecule has 0 aromatic carbocycles. The zero-order valence-corrected chi connectivity index (χ0v) is 6.69. The molecule has 72 valence electrons. The lowest BCUT2D eigenvalue weighted by Gasteiger charge is -2.11. The Bertz CT molecular complexity index is 235. The van der Waals surface area contributed by atoms with Crippen LogP contribution in [-0.4, -0.2) is 29.5 Å². The standard InChI is InChI=1S/C6H8N2O5/c7-12-3-6(11)13-8-4(9)1-2-5(8)10/h1-3,7H2. The molecule has 1 fully saturated rings. The molecule has 1 rings (SSSR count). The Labute approximate surface area is 73.3 Å². The van der Waals surface area contributed by atoms with E-state index < -0.39 is 24.4 Å². The van der Waals surface area contributed by atoms with Crippen molar-refractivity contribution in [1.29, 1.82) is 0 Å². The second kappa shape index (κ2) is 3.97. The van der Waals surface area contributed by atoms with Gasteiger partial charge in [0.1, 0.15) is 0 Å². The minimum absolute atomic E-state index is 0.0651. The van der Waals surface area contributed by atoms with Gasteiger partial charge in [0, 0.05) is 12.8 Å². The number of nitrogens with two attached hydrogens (primary N) is 1. The number of carbonyl (C=O) groups is 3. The SMILES string of the molecule is NOCC(=O)ON1C(=O)CCC1=O. The summed E-state index contributed by atoms with van der Waals surface area (Å²) in [5.74, 6) is 2.64. The molecule has 1 saturated heterocycles. The summed E-state index contributed by atoms with van der Waals surface area (Å²) >= 11 is 0. The number of hydroxylamine groups is 2. The third-order valence-electron chi connectivity index (χ3n) is 1.40. The van der Waals surface area contributed by atoms with Crippen LogP contribution in [0.15, 0.2) is 0 Å². The largest absolute Gasteiger partial charge is 0.360 e. The Morgan fingerprint density at radius 3 is 2.38 bits per heavy atom. The van der Waals surface area contributed by atoms with Crippen LogP contribution in [0.5, 0.6) is 0 Å². The van der Waals surface area contributed by atoms with Gasteiger partial charge in [0.15, 0.2) is 6.61 Å². The van der Waals surface area contributed by atoms with E-state index in [1.807, 2.05) is 0 Å². The normalized spacial score (nSPS) is 16.5. The minimum atomic E-state index is -0.883. The number of rotatable bonds is 3. The molecule has 2 amide bonds. The summed E-state index contributed by atoms with van der Waals surface area (Å²) < 4.78 is 0. The summed E-state index contributed by atoms with van der Waals surface area (Å²) in [6, 6.07) is 0. The quantitative estimate of drug-likeness (QED) is 0.426. The molecule has 2 N–H and O–H groups in total. The molecule has 0 saturated carbocycles. The Morgan fingerprint density at radius 1 is 1.38 bits per heavy atom. The molecule has 0 atom stereocenters. The first-order valence-corrected chi connectivity index (χ1v) is 3.53. The Hall–Kier alpha value is -1.47. The Morgan fingerprint density at radius 2 is 1.92 bits per heavy atom. The number of carbonyl (C=O) groups excluding carboxylic acids is 3. The molecule has 7 heteroatoms. The molecule has 0 aliphatic carbocycles. The number of imide groups is 1. The molecule has 0 unspecified atom stereocenters. The summed E-state index contributed by atoms with van der Waals surface area (Å²) in [6.45, 7) is -0.503. The summed E-state index contributed by atoms with van der Waals surface area (Å²) in [7, 11) is 0. The second-order valence-corrected chi connectivity index (χ2v) is 2.36. The first kappa shape index (κ1) is 9.62. The van der Waals surface area contributed by atoms with Gasteiger partial charge in [0.25, 0.3) is 11.8 Å². The average Bonchev–Trinajstić information content (AvgIpc) is 2.36. The predicted octanol–water partition coefficient (Wildman–Crippen LogP) is -1.52.